The molecule has 2 aromatic heterocycles. The molecule has 0 fully saturated rings. The highest BCUT2D eigenvalue weighted by atomic mass is 16.5. The molecular formula is C33H33N5O3. The lowest BCUT2D eigenvalue weighted by Crippen LogP contribution is -2.46. The predicted molar refractivity (Wildman–Crippen MR) is 158 cm³/mol. The van der Waals surface area contributed by atoms with Crippen LogP contribution in [0.4, 0.5) is 5.82 Å². The highest BCUT2D eigenvalue weighted by Crippen LogP contribution is 2.35. The van der Waals surface area contributed by atoms with E-state index >= 15 is 0 Å². The number of nitrogens with zero attached hydrogens (tertiary/aromatic N) is 4. The molecule has 0 unspecified atom stereocenters. The van der Waals surface area contributed by atoms with Crippen molar-refractivity contribution in [2.24, 2.45) is 5.92 Å². The Labute approximate surface area is 239 Å². The van der Waals surface area contributed by atoms with E-state index in [0.29, 0.717) is 43.4 Å². The van der Waals surface area contributed by atoms with Crippen LogP contribution in [-0.4, -0.2) is 38.3 Å². The van der Waals surface area contributed by atoms with Gasteiger partial charge in [-0.25, -0.2) is 15.0 Å². The molecule has 0 saturated carbocycles. The quantitative estimate of drug-likeness (QED) is 0.217. The van der Waals surface area contributed by atoms with Crippen LogP contribution in [0, 0.1) is 5.92 Å². The van der Waals surface area contributed by atoms with Crippen LogP contribution in [0.3, 0.4) is 0 Å². The fraction of sp³-hybridized carbons (Fsp3) is 0.242. The van der Waals surface area contributed by atoms with E-state index in [1.54, 1.807) is 6.33 Å². The van der Waals surface area contributed by atoms with E-state index in [-0.39, 0.29) is 24.2 Å². The highest BCUT2D eigenvalue weighted by Gasteiger charge is 2.40. The molecule has 41 heavy (non-hydrogen) atoms. The van der Waals surface area contributed by atoms with Crippen LogP contribution in [0.2, 0.25) is 0 Å². The van der Waals surface area contributed by atoms with Gasteiger partial charge >= 0.3 is 0 Å². The van der Waals surface area contributed by atoms with E-state index in [1.807, 2.05) is 59.2 Å². The Morgan fingerprint density at radius 1 is 0.659 bits per heavy atom. The van der Waals surface area contributed by atoms with Gasteiger partial charge < -0.3 is 24.5 Å². The van der Waals surface area contributed by atoms with Gasteiger partial charge in [-0.2, -0.15) is 0 Å². The Bertz CT molecular complexity index is 1560. The second kappa shape index (κ2) is 12.9. The lowest BCUT2D eigenvalue weighted by atomic mass is 9.87. The molecule has 1 aliphatic rings. The minimum absolute atomic E-state index is 0.0334. The number of fused-ring (bicyclic) bond motifs is 1. The lowest BCUT2D eigenvalue weighted by molar-refractivity contribution is -0.129. The van der Waals surface area contributed by atoms with Crippen LogP contribution in [-0.2, 0) is 34.0 Å². The highest BCUT2D eigenvalue weighted by molar-refractivity contribution is 5.81. The Morgan fingerprint density at radius 2 is 1.24 bits per heavy atom. The topological polar surface area (TPSA) is 97.3 Å². The zero-order valence-corrected chi connectivity index (χ0v) is 22.7. The van der Waals surface area contributed by atoms with Crippen molar-refractivity contribution < 1.29 is 14.2 Å². The van der Waals surface area contributed by atoms with Gasteiger partial charge in [-0.05, 0) is 16.7 Å². The van der Waals surface area contributed by atoms with Crippen molar-refractivity contribution in [2.45, 2.75) is 38.1 Å². The Kier molecular flexibility index (Phi) is 8.42. The van der Waals surface area contributed by atoms with Crippen LogP contribution in [0.1, 0.15) is 22.7 Å². The molecule has 4 atom stereocenters. The minimum Gasteiger partial charge on any atom is -0.382 e. The van der Waals surface area contributed by atoms with Gasteiger partial charge in [0.2, 0.25) is 0 Å². The summed E-state index contributed by atoms with van der Waals surface area (Å²) in [4.78, 5) is 13.1. The lowest BCUT2D eigenvalue weighted by Gasteiger charge is -2.39. The standard InChI is InChI=1S/C33H33N5O3/c34-32-29-33(36-22-35-32)38(23-37-29)28-17-16-27(21-39-18-24-10-4-1-5-11-24)30(40-19-25-12-6-2-7-13-25)31(28)41-20-26-14-8-3-9-15-26/h1-17,22-23,27-28,30-31H,18-21H2,(H2,34,35,36)/t27-,28-,30-,31-/m1/s1. The summed E-state index contributed by atoms with van der Waals surface area (Å²) in [5.41, 5.74) is 10.6. The number of ether oxygens (including phenoxy) is 3. The van der Waals surface area contributed by atoms with Gasteiger partial charge in [-0.3, -0.25) is 0 Å². The summed E-state index contributed by atoms with van der Waals surface area (Å²) in [5, 5.41) is 0. The predicted octanol–water partition coefficient (Wildman–Crippen LogP) is 5.52. The summed E-state index contributed by atoms with van der Waals surface area (Å²) in [7, 11) is 0. The summed E-state index contributed by atoms with van der Waals surface area (Å²) < 4.78 is 21.6. The number of benzene rings is 3. The van der Waals surface area contributed by atoms with Gasteiger partial charge in [0.15, 0.2) is 11.5 Å². The number of hydrogen-bond donors (Lipinski definition) is 1. The van der Waals surface area contributed by atoms with Crippen LogP contribution >= 0.6 is 0 Å². The molecule has 0 spiro atoms. The first kappa shape index (κ1) is 26.8. The third-order valence-corrected chi connectivity index (χ3v) is 7.34. The largest absolute Gasteiger partial charge is 0.382 e. The van der Waals surface area contributed by atoms with Crippen molar-refractivity contribution in [3.05, 3.63) is 132 Å². The van der Waals surface area contributed by atoms with Crippen molar-refractivity contribution in [1.82, 2.24) is 19.5 Å². The van der Waals surface area contributed by atoms with Gasteiger partial charge in [0, 0.05) is 5.92 Å². The second-order valence-electron chi connectivity index (χ2n) is 10.1. The van der Waals surface area contributed by atoms with Gasteiger partial charge in [-0.1, -0.05) is 103 Å². The molecule has 0 saturated heterocycles. The van der Waals surface area contributed by atoms with Crippen LogP contribution < -0.4 is 5.73 Å². The molecule has 3 aromatic carbocycles. The van der Waals surface area contributed by atoms with Gasteiger partial charge in [-0.15, -0.1) is 0 Å². The van der Waals surface area contributed by atoms with Crippen molar-refractivity contribution in [1.29, 1.82) is 0 Å². The molecule has 8 heteroatoms. The van der Waals surface area contributed by atoms with E-state index in [0.717, 1.165) is 16.7 Å². The molecule has 5 aromatic rings. The SMILES string of the molecule is Nc1ncnc2c1ncn2[C@@H]1C=C[C@H](COCc2ccccc2)[C@@H](OCc2ccccc2)[C@@H]1OCc1ccccc1. The average Bonchev–Trinajstić information content (AvgIpc) is 3.46. The summed E-state index contributed by atoms with van der Waals surface area (Å²) in [6.45, 7) is 1.90. The minimum atomic E-state index is -0.358. The van der Waals surface area contributed by atoms with Crippen LogP contribution in [0.5, 0.6) is 0 Å². The van der Waals surface area contributed by atoms with Gasteiger partial charge in [0.05, 0.1) is 44.9 Å². The van der Waals surface area contributed by atoms with Crippen LogP contribution in [0.25, 0.3) is 11.2 Å². The molecule has 8 nitrogen and oxygen atoms in total. The molecule has 208 valence electrons. The maximum absolute atomic E-state index is 6.73. The number of nitrogens with two attached hydrogens (primary N) is 1. The molecule has 0 bridgehead atoms. The average molecular weight is 548 g/mol. The van der Waals surface area contributed by atoms with Crippen molar-refractivity contribution in [3.8, 4) is 0 Å². The maximum atomic E-state index is 6.73. The van der Waals surface area contributed by atoms with E-state index in [1.165, 1.54) is 6.33 Å². The Balaban J connectivity index is 1.32. The zero-order chi connectivity index (χ0) is 27.9. The first-order chi connectivity index (χ1) is 20.3. The molecular weight excluding hydrogens is 514 g/mol. The molecule has 2 N–H and O–H groups in total. The molecule has 1 aliphatic carbocycles. The third kappa shape index (κ3) is 6.36. The number of hydrogen-bond acceptors (Lipinski definition) is 7. The Morgan fingerprint density at radius 3 is 1.88 bits per heavy atom. The number of rotatable bonds is 11. The summed E-state index contributed by atoms with van der Waals surface area (Å²) in [6, 6.07) is 30.3. The van der Waals surface area contributed by atoms with Gasteiger partial charge in [0.1, 0.15) is 17.9 Å². The fourth-order valence-electron chi connectivity index (χ4n) is 5.24. The van der Waals surface area contributed by atoms with E-state index in [4.69, 9.17) is 19.9 Å². The maximum Gasteiger partial charge on any atom is 0.166 e. The molecule has 6 rings (SSSR count). The number of nitrogen functional groups attached to an aromatic ring is 1. The van der Waals surface area contributed by atoms with E-state index < -0.39 is 0 Å². The fourth-order valence-corrected chi connectivity index (χ4v) is 5.24. The molecule has 0 amide bonds. The summed E-state index contributed by atoms with van der Waals surface area (Å²) in [5.74, 6) is 0.313. The van der Waals surface area contributed by atoms with E-state index in [9.17, 15) is 0 Å². The number of anilines is 1. The number of imidazole rings is 1. The van der Waals surface area contributed by atoms with Crippen molar-refractivity contribution >= 4 is 17.0 Å². The molecule has 0 aliphatic heterocycles. The first-order valence-electron chi connectivity index (χ1n) is 13.8. The summed E-state index contributed by atoms with van der Waals surface area (Å²) in [6.07, 6.45) is 6.87. The van der Waals surface area contributed by atoms with Crippen molar-refractivity contribution in [2.75, 3.05) is 12.3 Å². The smallest absolute Gasteiger partial charge is 0.166 e. The monoisotopic (exact) mass is 547 g/mol. The van der Waals surface area contributed by atoms with Crippen molar-refractivity contribution in [3.63, 3.8) is 0 Å². The van der Waals surface area contributed by atoms with Crippen LogP contribution in [0.15, 0.2) is 116 Å². The summed E-state index contributed by atoms with van der Waals surface area (Å²) >= 11 is 0. The first-order valence-corrected chi connectivity index (χ1v) is 13.8. The Hall–Kier alpha value is -4.37. The van der Waals surface area contributed by atoms with E-state index in [2.05, 4.69) is 63.5 Å². The normalized spacial score (nSPS) is 20.4. The molecule has 0 radical (unpaired) electrons. The number of aromatic nitrogens is 4. The third-order valence-electron chi connectivity index (χ3n) is 7.34. The molecule has 2 heterocycles. The zero-order valence-electron chi connectivity index (χ0n) is 22.7. The second-order valence-corrected chi connectivity index (χ2v) is 10.1. The van der Waals surface area contributed by atoms with Gasteiger partial charge in [0.25, 0.3) is 0 Å².